The van der Waals surface area contributed by atoms with Gasteiger partial charge in [-0.15, -0.1) is 0 Å². The van der Waals surface area contributed by atoms with Gasteiger partial charge in [0.05, 0.1) is 10.9 Å². The Morgan fingerprint density at radius 2 is 1.89 bits per heavy atom. The maximum atomic E-state index is 12.8. The van der Waals surface area contributed by atoms with Crippen LogP contribution in [0.15, 0.2) is 57.9 Å². The third-order valence-electron chi connectivity index (χ3n) is 4.81. The Labute approximate surface area is 157 Å². The molecule has 0 bridgehead atoms. The molecule has 0 spiro atoms. The summed E-state index contributed by atoms with van der Waals surface area (Å²) in [5.41, 5.74) is 1.58. The van der Waals surface area contributed by atoms with Crippen LogP contribution in [0, 0.1) is 0 Å². The van der Waals surface area contributed by atoms with Gasteiger partial charge in [0, 0.05) is 38.8 Å². The first-order valence-electron chi connectivity index (χ1n) is 9.11. The van der Waals surface area contributed by atoms with Crippen molar-refractivity contribution in [1.29, 1.82) is 0 Å². The van der Waals surface area contributed by atoms with E-state index in [1.807, 2.05) is 0 Å². The van der Waals surface area contributed by atoms with Crippen LogP contribution in [-0.2, 0) is 0 Å². The van der Waals surface area contributed by atoms with E-state index in [4.69, 9.17) is 9.15 Å². The first kappa shape index (κ1) is 17.6. The molecule has 0 aliphatic carbocycles. The second-order valence-corrected chi connectivity index (χ2v) is 6.62. The number of ether oxygens (including phenoxy) is 1. The zero-order chi connectivity index (χ0) is 18.6. The molecule has 0 saturated carbocycles. The minimum Gasteiger partial charge on any atom is -0.508 e. The summed E-state index contributed by atoms with van der Waals surface area (Å²) in [5.74, 6) is 0.852. The van der Waals surface area contributed by atoms with E-state index in [1.54, 1.807) is 42.5 Å². The Bertz CT molecular complexity index is 976. The standard InChI is InChI=1S/C21H22N2O4/c24-16-3-1-15(2-4-16)19-14-27-20-13-17(5-6-18(20)21(19)25)26-12-11-23-9-7-22-8-10-23/h1-6,13-14,22,24H,7-12H2. The zero-order valence-electron chi connectivity index (χ0n) is 15.0. The summed E-state index contributed by atoms with van der Waals surface area (Å²) in [4.78, 5) is 15.1. The molecule has 3 aromatic rings. The minimum atomic E-state index is -0.102. The molecule has 1 saturated heterocycles. The molecule has 6 heteroatoms. The van der Waals surface area contributed by atoms with Crippen LogP contribution >= 0.6 is 0 Å². The summed E-state index contributed by atoms with van der Waals surface area (Å²) in [6.07, 6.45) is 1.46. The average Bonchev–Trinajstić information content (AvgIpc) is 2.70. The molecule has 0 amide bonds. The average molecular weight is 366 g/mol. The van der Waals surface area contributed by atoms with Crippen LogP contribution in [-0.4, -0.2) is 49.3 Å². The van der Waals surface area contributed by atoms with E-state index in [0.717, 1.165) is 32.7 Å². The molecule has 27 heavy (non-hydrogen) atoms. The predicted octanol–water partition coefficient (Wildman–Crippen LogP) is 2.45. The highest BCUT2D eigenvalue weighted by atomic mass is 16.5. The lowest BCUT2D eigenvalue weighted by Gasteiger charge is -2.26. The van der Waals surface area contributed by atoms with Crippen molar-refractivity contribution < 1.29 is 14.3 Å². The number of hydrogen-bond donors (Lipinski definition) is 2. The monoisotopic (exact) mass is 366 g/mol. The van der Waals surface area contributed by atoms with Crippen LogP contribution in [0.25, 0.3) is 22.1 Å². The molecule has 4 rings (SSSR count). The van der Waals surface area contributed by atoms with Gasteiger partial charge < -0.3 is 19.6 Å². The zero-order valence-corrected chi connectivity index (χ0v) is 15.0. The van der Waals surface area contributed by atoms with Crippen molar-refractivity contribution in [1.82, 2.24) is 10.2 Å². The maximum absolute atomic E-state index is 12.8. The summed E-state index contributed by atoms with van der Waals surface area (Å²) >= 11 is 0. The Morgan fingerprint density at radius 3 is 2.67 bits per heavy atom. The van der Waals surface area contributed by atoms with E-state index in [-0.39, 0.29) is 11.2 Å². The van der Waals surface area contributed by atoms with Crippen molar-refractivity contribution in [3.8, 4) is 22.6 Å². The van der Waals surface area contributed by atoms with E-state index in [2.05, 4.69) is 10.2 Å². The largest absolute Gasteiger partial charge is 0.508 e. The number of piperazine rings is 1. The number of phenols is 1. The van der Waals surface area contributed by atoms with Gasteiger partial charge in [0.25, 0.3) is 0 Å². The lowest BCUT2D eigenvalue weighted by molar-refractivity contribution is 0.191. The third-order valence-corrected chi connectivity index (χ3v) is 4.81. The number of nitrogens with zero attached hydrogens (tertiary/aromatic N) is 1. The molecule has 0 unspecified atom stereocenters. The Balaban J connectivity index is 1.50. The maximum Gasteiger partial charge on any atom is 0.200 e. The number of hydrogen-bond acceptors (Lipinski definition) is 6. The van der Waals surface area contributed by atoms with Crippen LogP contribution in [0.1, 0.15) is 0 Å². The van der Waals surface area contributed by atoms with Crippen molar-refractivity contribution in [3.63, 3.8) is 0 Å². The molecule has 2 N–H and O–H groups in total. The number of phenolic OH excluding ortho intramolecular Hbond substituents is 1. The van der Waals surface area contributed by atoms with Crippen LogP contribution in [0.4, 0.5) is 0 Å². The summed E-state index contributed by atoms with van der Waals surface area (Å²) < 4.78 is 11.5. The van der Waals surface area contributed by atoms with Gasteiger partial charge in [-0.25, -0.2) is 0 Å². The lowest BCUT2D eigenvalue weighted by atomic mass is 10.1. The highest BCUT2D eigenvalue weighted by Gasteiger charge is 2.11. The molecular weight excluding hydrogens is 344 g/mol. The summed E-state index contributed by atoms with van der Waals surface area (Å²) in [6, 6.07) is 11.8. The van der Waals surface area contributed by atoms with E-state index < -0.39 is 0 Å². The molecule has 1 aliphatic rings. The first-order valence-corrected chi connectivity index (χ1v) is 9.11. The summed E-state index contributed by atoms with van der Waals surface area (Å²) in [7, 11) is 0. The Hall–Kier alpha value is -2.83. The van der Waals surface area contributed by atoms with E-state index in [9.17, 15) is 9.90 Å². The normalized spacial score (nSPS) is 15.1. The molecule has 6 nitrogen and oxygen atoms in total. The van der Waals surface area contributed by atoms with E-state index in [0.29, 0.717) is 34.5 Å². The van der Waals surface area contributed by atoms with Crippen molar-refractivity contribution >= 4 is 11.0 Å². The van der Waals surface area contributed by atoms with Crippen molar-refractivity contribution in [2.75, 3.05) is 39.3 Å². The molecule has 0 atom stereocenters. The summed E-state index contributed by atoms with van der Waals surface area (Å²) in [5, 5.41) is 13.2. The fourth-order valence-corrected chi connectivity index (χ4v) is 3.27. The number of nitrogens with one attached hydrogen (secondary N) is 1. The van der Waals surface area contributed by atoms with Crippen molar-refractivity contribution in [3.05, 3.63) is 59.0 Å². The fraction of sp³-hybridized carbons (Fsp3) is 0.286. The molecule has 2 aromatic carbocycles. The predicted molar refractivity (Wildman–Crippen MR) is 104 cm³/mol. The molecular formula is C21H22N2O4. The van der Waals surface area contributed by atoms with E-state index in [1.165, 1.54) is 6.26 Å². The number of fused-ring (bicyclic) bond motifs is 1. The molecule has 140 valence electrons. The topological polar surface area (TPSA) is 74.9 Å². The first-order chi connectivity index (χ1) is 13.2. The summed E-state index contributed by atoms with van der Waals surface area (Å²) in [6.45, 7) is 5.59. The van der Waals surface area contributed by atoms with Crippen LogP contribution in [0.5, 0.6) is 11.5 Å². The van der Waals surface area contributed by atoms with Gasteiger partial charge in [0.2, 0.25) is 0 Å². The quantitative estimate of drug-likeness (QED) is 0.723. The van der Waals surface area contributed by atoms with Gasteiger partial charge >= 0.3 is 0 Å². The SMILES string of the molecule is O=c1c(-c2ccc(O)cc2)coc2cc(OCCN3CCNCC3)ccc12. The third kappa shape index (κ3) is 3.97. The van der Waals surface area contributed by atoms with E-state index >= 15 is 0 Å². The van der Waals surface area contributed by atoms with Crippen LogP contribution in [0.2, 0.25) is 0 Å². The highest BCUT2D eigenvalue weighted by Crippen LogP contribution is 2.24. The molecule has 1 aliphatic heterocycles. The Morgan fingerprint density at radius 1 is 1.11 bits per heavy atom. The molecule has 1 fully saturated rings. The second kappa shape index (κ2) is 7.82. The highest BCUT2D eigenvalue weighted by molar-refractivity contribution is 5.82. The molecule has 1 aromatic heterocycles. The fourth-order valence-electron chi connectivity index (χ4n) is 3.27. The molecule has 2 heterocycles. The molecule has 0 radical (unpaired) electrons. The number of aromatic hydroxyl groups is 1. The van der Waals surface area contributed by atoms with Gasteiger partial charge in [-0.1, -0.05) is 12.1 Å². The van der Waals surface area contributed by atoms with Gasteiger partial charge in [0.15, 0.2) is 5.43 Å². The smallest absolute Gasteiger partial charge is 0.200 e. The van der Waals surface area contributed by atoms with Gasteiger partial charge in [-0.05, 0) is 29.8 Å². The van der Waals surface area contributed by atoms with Gasteiger partial charge in [0.1, 0.15) is 30.0 Å². The van der Waals surface area contributed by atoms with Gasteiger partial charge in [-0.2, -0.15) is 0 Å². The van der Waals surface area contributed by atoms with Crippen molar-refractivity contribution in [2.24, 2.45) is 0 Å². The van der Waals surface area contributed by atoms with Crippen LogP contribution < -0.4 is 15.5 Å². The second-order valence-electron chi connectivity index (χ2n) is 6.62. The number of rotatable bonds is 5. The minimum absolute atomic E-state index is 0.102. The Kier molecular flexibility index (Phi) is 5.09. The van der Waals surface area contributed by atoms with Crippen molar-refractivity contribution in [2.45, 2.75) is 0 Å². The van der Waals surface area contributed by atoms with Crippen LogP contribution in [0.3, 0.4) is 0 Å². The van der Waals surface area contributed by atoms with Gasteiger partial charge in [-0.3, -0.25) is 9.69 Å². The lowest BCUT2D eigenvalue weighted by Crippen LogP contribution is -2.44. The number of benzene rings is 2.